The van der Waals surface area contributed by atoms with Gasteiger partial charge in [0.05, 0.1) is 6.10 Å². The van der Waals surface area contributed by atoms with Gasteiger partial charge in [0.2, 0.25) is 0 Å². The van der Waals surface area contributed by atoms with E-state index in [4.69, 9.17) is 11.6 Å². The molecule has 0 amide bonds. The quantitative estimate of drug-likeness (QED) is 0.781. The third kappa shape index (κ3) is 3.66. The Balaban J connectivity index is 2.41. The lowest BCUT2D eigenvalue weighted by Crippen LogP contribution is -2.17. The van der Waals surface area contributed by atoms with Crippen molar-refractivity contribution in [3.63, 3.8) is 0 Å². The summed E-state index contributed by atoms with van der Waals surface area (Å²) in [6.07, 6.45) is 0.483. The minimum Gasteiger partial charge on any atom is -0.391 e. The molecule has 0 aliphatic rings. The molecule has 1 atom stereocenters. The smallest absolute Gasteiger partial charge is 0.0709 e. The van der Waals surface area contributed by atoms with E-state index in [1.807, 2.05) is 31.2 Å². The molecule has 0 unspecified atom stereocenters. The van der Waals surface area contributed by atoms with Gasteiger partial charge >= 0.3 is 0 Å². The number of aliphatic hydroxyl groups is 1. The fraction of sp³-hybridized carbons (Fsp3) is 0.400. The van der Waals surface area contributed by atoms with Gasteiger partial charge in [0, 0.05) is 17.3 Å². The molecule has 0 aromatic heterocycles. The Hall–Kier alpha value is -0.730. The molecule has 13 heavy (non-hydrogen) atoms. The third-order valence-corrected chi connectivity index (χ3v) is 2.11. The summed E-state index contributed by atoms with van der Waals surface area (Å²) in [4.78, 5) is 0. The Morgan fingerprint density at radius 2 is 2.00 bits per heavy atom. The highest BCUT2D eigenvalue weighted by Crippen LogP contribution is 2.13. The van der Waals surface area contributed by atoms with Crippen LogP contribution >= 0.6 is 11.6 Å². The SMILES string of the molecule is CC[C@@H](O)CNc1ccc(Cl)cc1. The van der Waals surface area contributed by atoms with E-state index in [0.29, 0.717) is 6.54 Å². The standard InChI is InChI=1S/C10H14ClNO/c1-2-10(13)7-12-9-5-3-8(11)4-6-9/h3-6,10,12-13H,2,7H2,1H3/t10-/m1/s1. The largest absolute Gasteiger partial charge is 0.391 e. The van der Waals surface area contributed by atoms with E-state index >= 15 is 0 Å². The lowest BCUT2D eigenvalue weighted by atomic mass is 10.2. The summed E-state index contributed by atoms with van der Waals surface area (Å²) in [6, 6.07) is 7.43. The first-order valence-electron chi connectivity index (χ1n) is 4.40. The van der Waals surface area contributed by atoms with Crippen LogP contribution in [0.2, 0.25) is 5.02 Å². The van der Waals surface area contributed by atoms with Gasteiger partial charge in [-0.15, -0.1) is 0 Å². The lowest BCUT2D eigenvalue weighted by molar-refractivity contribution is 0.183. The second-order valence-electron chi connectivity index (χ2n) is 2.95. The molecule has 72 valence electrons. The van der Waals surface area contributed by atoms with E-state index in [1.165, 1.54) is 0 Å². The Bertz CT molecular complexity index is 248. The topological polar surface area (TPSA) is 32.3 Å². The van der Waals surface area contributed by atoms with Crippen LogP contribution in [0, 0.1) is 0 Å². The van der Waals surface area contributed by atoms with Gasteiger partial charge in [-0.2, -0.15) is 0 Å². The minimum atomic E-state index is -0.282. The van der Waals surface area contributed by atoms with Crippen LogP contribution in [-0.4, -0.2) is 17.8 Å². The van der Waals surface area contributed by atoms with Crippen molar-refractivity contribution in [2.24, 2.45) is 0 Å². The molecule has 0 saturated heterocycles. The Kier molecular flexibility index (Phi) is 4.06. The molecular formula is C10H14ClNO. The molecule has 0 aliphatic heterocycles. The summed E-state index contributed by atoms with van der Waals surface area (Å²) in [5.74, 6) is 0. The zero-order valence-corrected chi connectivity index (χ0v) is 8.38. The van der Waals surface area contributed by atoms with E-state index in [-0.39, 0.29) is 6.10 Å². The summed E-state index contributed by atoms with van der Waals surface area (Å²) in [7, 11) is 0. The Morgan fingerprint density at radius 1 is 1.38 bits per heavy atom. The van der Waals surface area contributed by atoms with Crippen molar-refractivity contribution in [1.29, 1.82) is 0 Å². The summed E-state index contributed by atoms with van der Waals surface area (Å²) in [5.41, 5.74) is 0.983. The molecule has 0 fully saturated rings. The average Bonchev–Trinajstić information content (AvgIpc) is 2.16. The van der Waals surface area contributed by atoms with Crippen molar-refractivity contribution >= 4 is 17.3 Å². The predicted molar refractivity (Wildman–Crippen MR) is 56.2 cm³/mol. The number of nitrogens with one attached hydrogen (secondary N) is 1. The summed E-state index contributed by atoms with van der Waals surface area (Å²) >= 11 is 5.72. The highest BCUT2D eigenvalue weighted by atomic mass is 35.5. The van der Waals surface area contributed by atoms with Crippen LogP contribution in [0.5, 0.6) is 0 Å². The molecule has 2 N–H and O–H groups in total. The van der Waals surface area contributed by atoms with Crippen molar-refractivity contribution < 1.29 is 5.11 Å². The highest BCUT2D eigenvalue weighted by molar-refractivity contribution is 6.30. The van der Waals surface area contributed by atoms with Gasteiger partial charge in [0.1, 0.15) is 0 Å². The van der Waals surface area contributed by atoms with E-state index < -0.39 is 0 Å². The van der Waals surface area contributed by atoms with Crippen molar-refractivity contribution in [3.8, 4) is 0 Å². The van der Waals surface area contributed by atoms with Crippen LogP contribution in [0.3, 0.4) is 0 Å². The number of hydrogen-bond donors (Lipinski definition) is 2. The van der Waals surface area contributed by atoms with Crippen molar-refractivity contribution in [2.75, 3.05) is 11.9 Å². The van der Waals surface area contributed by atoms with Gasteiger partial charge in [-0.25, -0.2) is 0 Å². The fourth-order valence-corrected chi connectivity index (χ4v) is 1.07. The first-order valence-corrected chi connectivity index (χ1v) is 4.77. The van der Waals surface area contributed by atoms with Crippen molar-refractivity contribution in [3.05, 3.63) is 29.3 Å². The van der Waals surface area contributed by atoms with Gasteiger partial charge in [0.25, 0.3) is 0 Å². The highest BCUT2D eigenvalue weighted by Gasteiger charge is 1.99. The van der Waals surface area contributed by atoms with Crippen LogP contribution < -0.4 is 5.32 Å². The van der Waals surface area contributed by atoms with Gasteiger partial charge in [-0.1, -0.05) is 18.5 Å². The van der Waals surface area contributed by atoms with E-state index in [2.05, 4.69) is 5.32 Å². The van der Waals surface area contributed by atoms with E-state index in [9.17, 15) is 5.11 Å². The maximum absolute atomic E-state index is 9.29. The van der Waals surface area contributed by atoms with Gasteiger partial charge < -0.3 is 10.4 Å². The molecule has 2 nitrogen and oxygen atoms in total. The Morgan fingerprint density at radius 3 is 2.54 bits per heavy atom. The van der Waals surface area contributed by atoms with Gasteiger partial charge in [-0.3, -0.25) is 0 Å². The molecule has 0 bridgehead atoms. The molecule has 1 aromatic carbocycles. The predicted octanol–water partition coefficient (Wildman–Crippen LogP) is 2.52. The average molecular weight is 200 g/mol. The molecular weight excluding hydrogens is 186 g/mol. The number of rotatable bonds is 4. The zero-order valence-electron chi connectivity index (χ0n) is 7.63. The first kappa shape index (κ1) is 10.4. The summed E-state index contributed by atoms with van der Waals surface area (Å²) < 4.78 is 0. The second kappa shape index (κ2) is 5.10. The number of benzene rings is 1. The minimum absolute atomic E-state index is 0.282. The third-order valence-electron chi connectivity index (χ3n) is 1.86. The maximum Gasteiger partial charge on any atom is 0.0709 e. The van der Waals surface area contributed by atoms with Crippen LogP contribution in [-0.2, 0) is 0 Å². The molecule has 3 heteroatoms. The number of hydrogen-bond acceptors (Lipinski definition) is 2. The summed E-state index contributed by atoms with van der Waals surface area (Å²) in [5, 5.41) is 13.1. The fourth-order valence-electron chi connectivity index (χ4n) is 0.948. The van der Waals surface area contributed by atoms with Crippen molar-refractivity contribution in [2.45, 2.75) is 19.4 Å². The van der Waals surface area contributed by atoms with Crippen LogP contribution in [0.1, 0.15) is 13.3 Å². The van der Waals surface area contributed by atoms with E-state index in [1.54, 1.807) is 0 Å². The molecule has 1 aromatic rings. The van der Waals surface area contributed by atoms with Crippen LogP contribution in [0.15, 0.2) is 24.3 Å². The van der Waals surface area contributed by atoms with Gasteiger partial charge in [0.15, 0.2) is 0 Å². The first-order chi connectivity index (χ1) is 6.22. The van der Waals surface area contributed by atoms with Crippen molar-refractivity contribution in [1.82, 2.24) is 0 Å². The molecule has 0 saturated carbocycles. The molecule has 0 radical (unpaired) electrons. The lowest BCUT2D eigenvalue weighted by Gasteiger charge is -2.10. The van der Waals surface area contributed by atoms with Gasteiger partial charge in [-0.05, 0) is 30.7 Å². The molecule has 0 heterocycles. The molecule has 1 rings (SSSR count). The van der Waals surface area contributed by atoms with Crippen LogP contribution in [0.25, 0.3) is 0 Å². The molecule has 0 aliphatic carbocycles. The monoisotopic (exact) mass is 199 g/mol. The Labute approximate surface area is 83.5 Å². The van der Waals surface area contributed by atoms with E-state index in [0.717, 1.165) is 17.1 Å². The second-order valence-corrected chi connectivity index (χ2v) is 3.39. The summed E-state index contributed by atoms with van der Waals surface area (Å²) in [6.45, 7) is 2.53. The maximum atomic E-state index is 9.29. The number of aliphatic hydroxyl groups excluding tert-OH is 1. The molecule has 0 spiro atoms. The van der Waals surface area contributed by atoms with Crippen LogP contribution in [0.4, 0.5) is 5.69 Å². The zero-order chi connectivity index (χ0) is 9.68. The number of anilines is 1. The normalized spacial score (nSPS) is 12.5. The number of halogens is 1.